The van der Waals surface area contributed by atoms with Gasteiger partial charge in [-0.1, -0.05) is 121 Å². The number of ether oxygens (including phenoxy) is 2. The second kappa shape index (κ2) is 16.2. The van der Waals surface area contributed by atoms with Crippen molar-refractivity contribution in [1.29, 1.82) is 0 Å². The van der Waals surface area contributed by atoms with Crippen LogP contribution >= 0.6 is 10.4 Å². The fourth-order valence-electron chi connectivity index (χ4n) is 5.05. The van der Waals surface area contributed by atoms with Crippen molar-refractivity contribution in [2.45, 2.75) is 26.0 Å². The van der Waals surface area contributed by atoms with E-state index in [1.807, 2.05) is 109 Å². The van der Waals surface area contributed by atoms with Gasteiger partial charge in [0.2, 0.25) is 0 Å². The van der Waals surface area contributed by atoms with Crippen molar-refractivity contribution in [1.82, 2.24) is 0 Å². The average molecular weight is 719 g/mol. The van der Waals surface area contributed by atoms with E-state index in [2.05, 4.69) is 0 Å². The molecule has 0 bridgehead atoms. The number of fused-ring (bicyclic) bond motifs is 1. The largest absolute Gasteiger partial charge is 0.451 e. The number of hydrogen-bond donors (Lipinski definition) is 1. The van der Waals surface area contributed by atoms with Crippen LogP contribution in [0.1, 0.15) is 22.0 Å². The van der Waals surface area contributed by atoms with E-state index >= 15 is 3.89 Å². The molecule has 0 amide bonds. The van der Waals surface area contributed by atoms with Crippen molar-refractivity contribution in [3.05, 3.63) is 175 Å². The number of hydrogen-bond acceptors (Lipinski definition) is 5. The Bertz CT molecular complexity index is 2000. The van der Waals surface area contributed by atoms with E-state index in [0.29, 0.717) is 10.9 Å². The molecule has 6 rings (SSSR count). The lowest BCUT2D eigenvalue weighted by molar-refractivity contribution is -0.0533. The van der Waals surface area contributed by atoms with Gasteiger partial charge in [-0.2, -0.15) is 21.1 Å². The SMILES string of the molecule is FS(c1ccccc1)(c1ccccc1)c1ccccc1.O=C(OC(COCC(F)(F)S(=O)(=O)O)c1ccccc1)c1cccc2ccccc12. The lowest BCUT2D eigenvalue weighted by atomic mass is 10.0. The molecule has 0 heterocycles. The fourth-order valence-corrected chi connectivity index (χ4v) is 7.70. The van der Waals surface area contributed by atoms with Gasteiger partial charge in [0.05, 0.1) is 12.2 Å². The third-order valence-corrected chi connectivity index (χ3v) is 11.2. The number of halogens is 3. The Balaban J connectivity index is 0.000000210. The van der Waals surface area contributed by atoms with Gasteiger partial charge in [-0.05, 0) is 69.2 Å². The van der Waals surface area contributed by atoms with E-state index < -0.39 is 51.1 Å². The summed E-state index contributed by atoms with van der Waals surface area (Å²) < 4.78 is 83.2. The van der Waals surface area contributed by atoms with Crippen LogP contribution in [0.25, 0.3) is 10.8 Å². The third kappa shape index (κ3) is 8.61. The molecule has 1 atom stereocenters. The molecule has 0 fully saturated rings. The van der Waals surface area contributed by atoms with Crippen LogP contribution in [0.2, 0.25) is 0 Å². The highest BCUT2D eigenvalue weighted by Crippen LogP contribution is 2.69. The maximum Gasteiger partial charge on any atom is 0.392 e. The summed E-state index contributed by atoms with van der Waals surface area (Å²) in [4.78, 5) is 15.0. The molecule has 0 aliphatic rings. The van der Waals surface area contributed by atoms with Crippen LogP contribution in [-0.4, -0.2) is 37.4 Å². The van der Waals surface area contributed by atoms with Gasteiger partial charge >= 0.3 is 21.3 Å². The first-order valence-electron chi connectivity index (χ1n) is 15.4. The minimum absolute atomic E-state index is 0.289. The average Bonchev–Trinajstić information content (AvgIpc) is 3.15. The van der Waals surface area contributed by atoms with E-state index in [-0.39, 0.29) is 5.56 Å². The number of esters is 1. The fraction of sp³-hybridized carbons (Fsp3) is 0.103. The summed E-state index contributed by atoms with van der Waals surface area (Å²) in [6.07, 6.45) is -1.07. The molecule has 1 unspecified atom stereocenters. The van der Waals surface area contributed by atoms with Gasteiger partial charge in [-0.25, -0.2) is 4.79 Å². The lowest BCUT2D eigenvalue weighted by Gasteiger charge is -2.32. The topological polar surface area (TPSA) is 89.9 Å². The Labute approximate surface area is 290 Å². The van der Waals surface area contributed by atoms with E-state index in [9.17, 15) is 22.0 Å². The minimum Gasteiger partial charge on any atom is -0.451 e. The first kappa shape index (κ1) is 36.3. The van der Waals surface area contributed by atoms with Crippen molar-refractivity contribution >= 4 is 37.3 Å². The van der Waals surface area contributed by atoms with Crippen LogP contribution < -0.4 is 0 Å². The Hall–Kier alpha value is -4.94. The predicted molar refractivity (Wildman–Crippen MR) is 189 cm³/mol. The molecule has 258 valence electrons. The number of alkyl halides is 2. The number of rotatable bonds is 11. The quantitative estimate of drug-likeness (QED) is 0.106. The van der Waals surface area contributed by atoms with Gasteiger partial charge in [0.25, 0.3) is 0 Å². The van der Waals surface area contributed by atoms with Crippen LogP contribution in [0.3, 0.4) is 0 Å². The zero-order chi connectivity index (χ0) is 35.6. The standard InChI is InChI=1S/C21H18F2O6S.C18H15FS/c22-21(23,30(25,26)27)14-28-13-19(16-8-2-1-3-9-16)29-20(24)18-12-6-10-15-7-4-5-11-17(15)18;19-20(16-10-4-1-5-11-16,17-12-6-2-7-13-17)18-14-8-3-9-15-18/h1-12,19H,13-14H2,(H,25,26,27);1-15H. The molecule has 0 radical (unpaired) electrons. The Morgan fingerprint density at radius 3 is 1.58 bits per heavy atom. The van der Waals surface area contributed by atoms with Crippen LogP contribution in [0.5, 0.6) is 0 Å². The maximum absolute atomic E-state index is 16.1. The third-order valence-electron chi connectivity index (χ3n) is 7.55. The second-order valence-corrected chi connectivity index (χ2v) is 15.0. The van der Waals surface area contributed by atoms with Crippen molar-refractivity contribution in [2.75, 3.05) is 13.2 Å². The second-order valence-electron chi connectivity index (χ2n) is 10.9. The Kier molecular flexibility index (Phi) is 11.8. The van der Waals surface area contributed by atoms with Crippen molar-refractivity contribution in [3.63, 3.8) is 0 Å². The normalized spacial score (nSPS) is 12.7. The predicted octanol–water partition coefficient (Wildman–Crippen LogP) is 10.1. The number of carbonyl (C=O) groups excluding carboxylic acids is 1. The van der Waals surface area contributed by atoms with Gasteiger partial charge in [0.15, 0.2) is 6.10 Å². The highest BCUT2D eigenvalue weighted by atomic mass is 32.3. The van der Waals surface area contributed by atoms with Gasteiger partial charge in [-0.3, -0.25) is 4.55 Å². The Morgan fingerprint density at radius 1 is 0.640 bits per heavy atom. The molecule has 0 spiro atoms. The van der Waals surface area contributed by atoms with Crippen LogP contribution in [0.15, 0.2) is 178 Å². The molecular weight excluding hydrogens is 686 g/mol. The van der Waals surface area contributed by atoms with E-state index in [1.165, 1.54) is 0 Å². The molecule has 0 aliphatic heterocycles. The molecule has 0 saturated heterocycles. The number of benzene rings is 6. The first-order valence-corrected chi connectivity index (χ1v) is 18.3. The van der Waals surface area contributed by atoms with Gasteiger partial charge in [-0.15, -0.1) is 0 Å². The minimum atomic E-state index is -5.62. The molecule has 6 aromatic carbocycles. The molecular formula is C39H33F3O6S2. The highest BCUT2D eigenvalue weighted by Gasteiger charge is 2.44. The Morgan fingerprint density at radius 2 is 1.08 bits per heavy atom. The van der Waals surface area contributed by atoms with Crippen molar-refractivity contribution in [3.8, 4) is 0 Å². The summed E-state index contributed by atoms with van der Waals surface area (Å²) in [5, 5.41) is -2.99. The smallest absolute Gasteiger partial charge is 0.392 e. The monoisotopic (exact) mass is 718 g/mol. The first-order chi connectivity index (χ1) is 24.0. The molecule has 6 aromatic rings. The summed E-state index contributed by atoms with van der Waals surface area (Å²) in [5.41, 5.74) is 0.763. The summed E-state index contributed by atoms with van der Waals surface area (Å²) in [5.74, 6) is -0.689. The highest BCUT2D eigenvalue weighted by molar-refractivity contribution is 8.29. The van der Waals surface area contributed by atoms with E-state index in [4.69, 9.17) is 14.0 Å². The molecule has 50 heavy (non-hydrogen) atoms. The van der Waals surface area contributed by atoms with Gasteiger partial charge < -0.3 is 9.47 Å². The summed E-state index contributed by atoms with van der Waals surface area (Å²) in [6.45, 7) is -2.12. The molecule has 0 saturated carbocycles. The van der Waals surface area contributed by atoms with Crippen molar-refractivity contribution in [2.24, 2.45) is 0 Å². The van der Waals surface area contributed by atoms with Crippen molar-refractivity contribution < 1.29 is 39.9 Å². The zero-order valence-electron chi connectivity index (χ0n) is 26.5. The molecule has 6 nitrogen and oxygen atoms in total. The van der Waals surface area contributed by atoms with E-state index in [1.54, 1.807) is 54.6 Å². The zero-order valence-corrected chi connectivity index (χ0v) is 28.2. The van der Waals surface area contributed by atoms with Gasteiger partial charge in [0, 0.05) is 14.7 Å². The molecule has 11 heteroatoms. The van der Waals surface area contributed by atoms with Crippen LogP contribution in [0.4, 0.5) is 12.7 Å². The maximum atomic E-state index is 16.1. The summed E-state index contributed by atoms with van der Waals surface area (Å²) in [7, 11) is -8.30. The molecule has 0 aromatic heterocycles. The van der Waals surface area contributed by atoms with Crippen LogP contribution in [0, 0.1) is 0 Å². The van der Waals surface area contributed by atoms with Gasteiger partial charge in [0.1, 0.15) is 6.61 Å². The summed E-state index contributed by atoms with van der Waals surface area (Å²) >= 11 is 0. The molecule has 1 N–H and O–H groups in total. The molecule has 0 aliphatic carbocycles. The lowest BCUT2D eigenvalue weighted by Crippen LogP contribution is -2.34. The summed E-state index contributed by atoms with van der Waals surface area (Å²) in [6, 6.07) is 48.9. The number of carbonyl (C=O) groups is 1. The van der Waals surface area contributed by atoms with E-state index in [0.717, 1.165) is 20.1 Å². The van der Waals surface area contributed by atoms with Crippen LogP contribution in [-0.2, 0) is 19.6 Å².